The van der Waals surface area contributed by atoms with Gasteiger partial charge in [-0.25, -0.2) is 10.2 Å². The minimum atomic E-state index is -0.660. The molecule has 1 rings (SSSR count). The second-order valence-electron chi connectivity index (χ2n) is 3.53. The number of hydrazone groups is 1. The molecule has 4 nitrogen and oxygen atoms in total. The Labute approximate surface area is 89.2 Å². The van der Waals surface area contributed by atoms with Gasteiger partial charge in [0, 0.05) is 0 Å². The molecule has 0 radical (unpaired) electrons. The lowest BCUT2D eigenvalue weighted by molar-refractivity contribution is 0.249. The zero-order valence-corrected chi connectivity index (χ0v) is 9.16. The van der Waals surface area contributed by atoms with Crippen LogP contribution in [0, 0.1) is 20.8 Å². The van der Waals surface area contributed by atoms with Gasteiger partial charge in [0.1, 0.15) is 0 Å². The Morgan fingerprint density at radius 2 is 1.87 bits per heavy atom. The van der Waals surface area contributed by atoms with Gasteiger partial charge >= 0.3 is 6.03 Å². The van der Waals surface area contributed by atoms with Crippen LogP contribution in [0.4, 0.5) is 4.79 Å². The second kappa shape index (κ2) is 4.59. The van der Waals surface area contributed by atoms with Crippen LogP contribution in [0.15, 0.2) is 17.2 Å². The zero-order chi connectivity index (χ0) is 11.4. The highest BCUT2D eigenvalue weighted by molar-refractivity contribution is 5.83. The standard InChI is InChI=1S/C11H15N3O/c1-7-4-9(3)10(5-8(7)2)6-13-14-11(12)15/h4-6H,1-3H3,(H3,12,14,15). The van der Waals surface area contributed by atoms with Gasteiger partial charge in [0.05, 0.1) is 6.21 Å². The van der Waals surface area contributed by atoms with Crippen LogP contribution in [0.5, 0.6) is 0 Å². The van der Waals surface area contributed by atoms with Gasteiger partial charge in [0.2, 0.25) is 0 Å². The quantitative estimate of drug-likeness (QED) is 0.559. The van der Waals surface area contributed by atoms with Gasteiger partial charge in [-0.2, -0.15) is 5.10 Å². The molecule has 0 aliphatic heterocycles. The minimum Gasteiger partial charge on any atom is -0.350 e. The van der Waals surface area contributed by atoms with Gasteiger partial charge in [-0.1, -0.05) is 6.07 Å². The number of rotatable bonds is 2. The van der Waals surface area contributed by atoms with E-state index < -0.39 is 6.03 Å². The number of primary amides is 1. The van der Waals surface area contributed by atoms with Crippen LogP contribution in [0.1, 0.15) is 22.3 Å². The van der Waals surface area contributed by atoms with Crippen molar-refractivity contribution >= 4 is 12.2 Å². The van der Waals surface area contributed by atoms with Crippen LogP contribution in [0.3, 0.4) is 0 Å². The summed E-state index contributed by atoms with van der Waals surface area (Å²) >= 11 is 0. The Morgan fingerprint density at radius 1 is 1.27 bits per heavy atom. The normalized spacial score (nSPS) is 10.6. The molecule has 0 fully saturated rings. The van der Waals surface area contributed by atoms with E-state index in [0.29, 0.717) is 0 Å². The van der Waals surface area contributed by atoms with E-state index in [0.717, 1.165) is 11.1 Å². The summed E-state index contributed by atoms with van der Waals surface area (Å²) < 4.78 is 0. The Hall–Kier alpha value is -1.84. The van der Waals surface area contributed by atoms with Crippen LogP contribution in [-0.2, 0) is 0 Å². The molecule has 0 atom stereocenters. The zero-order valence-electron chi connectivity index (χ0n) is 9.16. The van der Waals surface area contributed by atoms with Crippen molar-refractivity contribution in [3.05, 3.63) is 34.4 Å². The summed E-state index contributed by atoms with van der Waals surface area (Å²) in [6.07, 6.45) is 1.59. The lowest BCUT2D eigenvalue weighted by Gasteiger charge is -2.05. The number of carbonyl (C=O) groups is 1. The number of carbonyl (C=O) groups excluding carboxylic acids is 1. The number of hydrogen-bond acceptors (Lipinski definition) is 2. The summed E-state index contributed by atoms with van der Waals surface area (Å²) in [7, 11) is 0. The highest BCUT2D eigenvalue weighted by atomic mass is 16.2. The van der Waals surface area contributed by atoms with Crippen molar-refractivity contribution in [3.8, 4) is 0 Å². The van der Waals surface area contributed by atoms with Crippen molar-refractivity contribution in [3.63, 3.8) is 0 Å². The molecule has 80 valence electrons. The van der Waals surface area contributed by atoms with Crippen molar-refractivity contribution in [2.45, 2.75) is 20.8 Å². The Balaban J connectivity index is 2.90. The summed E-state index contributed by atoms with van der Waals surface area (Å²) in [6.45, 7) is 6.09. The molecule has 0 aliphatic carbocycles. The van der Waals surface area contributed by atoms with Gasteiger partial charge in [0.15, 0.2) is 0 Å². The van der Waals surface area contributed by atoms with Gasteiger partial charge in [-0.15, -0.1) is 0 Å². The molecule has 1 aromatic rings. The maximum absolute atomic E-state index is 10.4. The number of nitrogens with one attached hydrogen (secondary N) is 1. The highest BCUT2D eigenvalue weighted by Gasteiger charge is 1.99. The molecular weight excluding hydrogens is 190 g/mol. The monoisotopic (exact) mass is 205 g/mol. The summed E-state index contributed by atoms with van der Waals surface area (Å²) in [4.78, 5) is 10.4. The first-order valence-corrected chi connectivity index (χ1v) is 4.67. The third kappa shape index (κ3) is 3.09. The molecule has 3 N–H and O–H groups in total. The van der Waals surface area contributed by atoms with Crippen LogP contribution in [0.25, 0.3) is 0 Å². The first-order valence-electron chi connectivity index (χ1n) is 4.67. The Bertz CT molecular complexity index is 411. The fourth-order valence-corrected chi connectivity index (χ4v) is 1.29. The van der Waals surface area contributed by atoms with E-state index in [9.17, 15) is 4.79 Å². The fourth-order valence-electron chi connectivity index (χ4n) is 1.29. The predicted molar refractivity (Wildman–Crippen MR) is 61.0 cm³/mol. The molecule has 2 amide bonds. The molecule has 4 heteroatoms. The van der Waals surface area contributed by atoms with E-state index in [4.69, 9.17) is 5.73 Å². The first-order chi connectivity index (χ1) is 7.00. The lowest BCUT2D eigenvalue weighted by Crippen LogP contribution is -2.24. The summed E-state index contributed by atoms with van der Waals surface area (Å²) in [5, 5.41) is 3.72. The van der Waals surface area contributed by atoms with E-state index in [1.165, 1.54) is 11.1 Å². The van der Waals surface area contributed by atoms with E-state index in [-0.39, 0.29) is 0 Å². The van der Waals surface area contributed by atoms with E-state index in [2.05, 4.69) is 23.5 Å². The summed E-state index contributed by atoms with van der Waals surface area (Å²) in [5.41, 5.74) is 11.6. The van der Waals surface area contributed by atoms with E-state index in [1.807, 2.05) is 19.9 Å². The largest absolute Gasteiger partial charge is 0.350 e. The summed E-state index contributed by atoms with van der Waals surface area (Å²) in [5.74, 6) is 0. The van der Waals surface area contributed by atoms with Crippen molar-refractivity contribution in [2.75, 3.05) is 0 Å². The maximum atomic E-state index is 10.4. The van der Waals surface area contributed by atoms with Crippen molar-refractivity contribution < 1.29 is 4.79 Å². The van der Waals surface area contributed by atoms with Gasteiger partial charge in [-0.05, 0) is 49.1 Å². The number of benzene rings is 1. The Morgan fingerprint density at radius 3 is 2.47 bits per heavy atom. The number of nitrogens with zero attached hydrogens (tertiary/aromatic N) is 1. The van der Waals surface area contributed by atoms with E-state index >= 15 is 0 Å². The SMILES string of the molecule is Cc1cc(C)c(C=NNC(N)=O)cc1C. The molecule has 0 aromatic heterocycles. The molecule has 15 heavy (non-hydrogen) atoms. The Kier molecular flexibility index (Phi) is 3.44. The average Bonchev–Trinajstić information content (AvgIpc) is 2.13. The van der Waals surface area contributed by atoms with Gasteiger partial charge in [-0.3, -0.25) is 0 Å². The highest BCUT2D eigenvalue weighted by Crippen LogP contribution is 2.13. The third-order valence-corrected chi connectivity index (χ3v) is 2.26. The number of hydrogen-bond donors (Lipinski definition) is 2. The van der Waals surface area contributed by atoms with Crippen LogP contribution < -0.4 is 11.2 Å². The molecule has 0 heterocycles. The van der Waals surface area contributed by atoms with Gasteiger partial charge in [0.25, 0.3) is 0 Å². The fraction of sp³-hybridized carbons (Fsp3) is 0.273. The first kappa shape index (κ1) is 11.2. The van der Waals surface area contributed by atoms with Crippen LogP contribution >= 0.6 is 0 Å². The number of nitrogens with two attached hydrogens (primary N) is 1. The number of aryl methyl sites for hydroxylation is 3. The van der Waals surface area contributed by atoms with Gasteiger partial charge < -0.3 is 5.73 Å². The maximum Gasteiger partial charge on any atom is 0.332 e. The van der Waals surface area contributed by atoms with Crippen molar-refractivity contribution in [1.29, 1.82) is 0 Å². The minimum absolute atomic E-state index is 0.660. The summed E-state index contributed by atoms with van der Waals surface area (Å²) in [6, 6.07) is 3.45. The molecule has 0 bridgehead atoms. The molecule has 0 aliphatic rings. The van der Waals surface area contributed by atoms with Crippen molar-refractivity contribution in [1.82, 2.24) is 5.43 Å². The molecule has 1 aromatic carbocycles. The molecule has 0 saturated heterocycles. The van der Waals surface area contributed by atoms with Crippen molar-refractivity contribution in [2.24, 2.45) is 10.8 Å². The predicted octanol–water partition coefficient (Wildman–Crippen LogP) is 1.61. The van der Waals surface area contributed by atoms with Crippen LogP contribution in [-0.4, -0.2) is 12.2 Å². The third-order valence-electron chi connectivity index (χ3n) is 2.26. The number of amides is 2. The lowest BCUT2D eigenvalue weighted by atomic mass is 10.0. The number of urea groups is 1. The van der Waals surface area contributed by atoms with Crippen LogP contribution in [0.2, 0.25) is 0 Å². The molecule has 0 spiro atoms. The molecular formula is C11H15N3O. The average molecular weight is 205 g/mol. The smallest absolute Gasteiger partial charge is 0.332 e. The topological polar surface area (TPSA) is 67.5 Å². The second-order valence-corrected chi connectivity index (χ2v) is 3.53. The molecule has 0 saturated carbocycles. The molecule has 0 unspecified atom stereocenters. The van der Waals surface area contributed by atoms with E-state index in [1.54, 1.807) is 6.21 Å².